The highest BCUT2D eigenvalue weighted by molar-refractivity contribution is 6.09. The van der Waals surface area contributed by atoms with E-state index in [4.69, 9.17) is 4.98 Å². The highest BCUT2D eigenvalue weighted by atomic mass is 16.3. The molecule has 0 radical (unpaired) electrons. The molecule has 11 heteroatoms. The number of aliphatic hydroxyl groups excluding tert-OH is 1. The fourth-order valence-corrected chi connectivity index (χ4v) is 5.02. The van der Waals surface area contributed by atoms with Crippen LogP contribution in [-0.4, -0.2) is 107 Å². The van der Waals surface area contributed by atoms with Gasteiger partial charge in [0.05, 0.1) is 12.3 Å². The van der Waals surface area contributed by atoms with Crippen molar-refractivity contribution in [3.05, 3.63) is 60.8 Å². The third-order valence-corrected chi connectivity index (χ3v) is 7.19. The molecule has 3 N–H and O–H groups in total. The van der Waals surface area contributed by atoms with Crippen molar-refractivity contribution in [3.8, 4) is 5.75 Å². The summed E-state index contributed by atoms with van der Waals surface area (Å²) in [7, 11) is 0. The van der Waals surface area contributed by atoms with Gasteiger partial charge in [-0.15, -0.1) is 0 Å². The molecule has 0 spiro atoms. The van der Waals surface area contributed by atoms with Crippen LogP contribution < -0.4 is 15.1 Å². The molecule has 3 aromatic rings. The highest BCUT2D eigenvalue weighted by Crippen LogP contribution is 2.29. The molecule has 1 aromatic heterocycles. The standard InChI is InChI=1S/C28H33N7O4/c1-2-26(38)34-13-11-33(12-14-34)25-19-24(30-28(31-25)35-9-7-32(8-10-35)15-16-36)27(39)29-23-18-21(37)17-20-5-3-4-6-22(20)23/h2-6,17-19,36-37H,1,7-16H2,(H,29,39). The lowest BCUT2D eigenvalue weighted by Crippen LogP contribution is -2.49. The maximum absolute atomic E-state index is 13.5. The third kappa shape index (κ3) is 5.94. The molecule has 0 bridgehead atoms. The fourth-order valence-electron chi connectivity index (χ4n) is 5.02. The smallest absolute Gasteiger partial charge is 0.274 e. The lowest BCUT2D eigenvalue weighted by Gasteiger charge is -2.37. The second-order valence-electron chi connectivity index (χ2n) is 9.65. The van der Waals surface area contributed by atoms with E-state index in [-0.39, 0.29) is 24.0 Å². The van der Waals surface area contributed by atoms with Crippen molar-refractivity contribution in [3.63, 3.8) is 0 Å². The maximum Gasteiger partial charge on any atom is 0.274 e. The monoisotopic (exact) mass is 531 g/mol. The number of carbonyl (C=O) groups is 2. The van der Waals surface area contributed by atoms with Gasteiger partial charge < -0.3 is 30.2 Å². The molecule has 204 valence electrons. The van der Waals surface area contributed by atoms with E-state index in [0.29, 0.717) is 63.3 Å². The molecule has 0 saturated carbocycles. The van der Waals surface area contributed by atoms with Gasteiger partial charge in [-0.25, -0.2) is 4.98 Å². The zero-order valence-electron chi connectivity index (χ0n) is 21.8. The number of carbonyl (C=O) groups excluding carboxylic acids is 2. The van der Waals surface area contributed by atoms with E-state index in [1.807, 2.05) is 24.3 Å². The Balaban J connectivity index is 1.43. The molecule has 0 aliphatic carbocycles. The van der Waals surface area contributed by atoms with E-state index >= 15 is 0 Å². The van der Waals surface area contributed by atoms with Gasteiger partial charge in [-0.2, -0.15) is 4.98 Å². The highest BCUT2D eigenvalue weighted by Gasteiger charge is 2.25. The molecular formula is C28H33N7O4. The average molecular weight is 532 g/mol. The number of amides is 2. The number of benzene rings is 2. The molecule has 2 fully saturated rings. The number of fused-ring (bicyclic) bond motifs is 1. The van der Waals surface area contributed by atoms with Crippen molar-refractivity contribution in [1.29, 1.82) is 0 Å². The van der Waals surface area contributed by atoms with E-state index in [1.54, 1.807) is 17.0 Å². The first kappa shape index (κ1) is 26.4. The SMILES string of the molecule is C=CC(=O)N1CCN(c2cc(C(=O)Nc3cc(O)cc4ccccc34)nc(N3CCN(CCO)CC3)n2)CC1. The van der Waals surface area contributed by atoms with Gasteiger partial charge in [-0.3, -0.25) is 14.5 Å². The second-order valence-corrected chi connectivity index (χ2v) is 9.65. The number of nitrogens with one attached hydrogen (secondary N) is 1. The molecule has 11 nitrogen and oxygen atoms in total. The van der Waals surface area contributed by atoms with E-state index in [9.17, 15) is 19.8 Å². The van der Waals surface area contributed by atoms with Crippen LogP contribution in [0.3, 0.4) is 0 Å². The fraction of sp³-hybridized carbons (Fsp3) is 0.357. The number of hydrogen-bond donors (Lipinski definition) is 3. The number of phenols is 1. The number of anilines is 3. The molecule has 0 atom stereocenters. The molecule has 2 aliphatic rings. The number of β-amino-alcohol motifs (C(OH)–C–C–N with tert-alkyl or cyclic N) is 1. The summed E-state index contributed by atoms with van der Waals surface area (Å²) in [4.78, 5) is 43.1. The number of aliphatic hydroxyl groups is 1. The predicted molar refractivity (Wildman–Crippen MR) is 150 cm³/mol. The molecule has 0 unspecified atom stereocenters. The number of phenolic OH excluding ortho intramolecular Hbond substituents is 1. The summed E-state index contributed by atoms with van der Waals surface area (Å²) >= 11 is 0. The van der Waals surface area contributed by atoms with Gasteiger partial charge in [0.2, 0.25) is 11.9 Å². The van der Waals surface area contributed by atoms with Gasteiger partial charge in [0.1, 0.15) is 17.3 Å². The molecular weight excluding hydrogens is 498 g/mol. The van der Waals surface area contributed by atoms with Crippen LogP contribution in [-0.2, 0) is 4.79 Å². The minimum absolute atomic E-state index is 0.0563. The third-order valence-electron chi connectivity index (χ3n) is 7.19. The lowest BCUT2D eigenvalue weighted by molar-refractivity contribution is -0.126. The Hall–Kier alpha value is -4.22. The number of aromatic nitrogens is 2. The summed E-state index contributed by atoms with van der Waals surface area (Å²) in [5.74, 6) is 0.633. The zero-order chi connectivity index (χ0) is 27.4. The first-order chi connectivity index (χ1) is 18.9. The van der Waals surface area contributed by atoms with Crippen LogP contribution >= 0.6 is 0 Å². The summed E-state index contributed by atoms with van der Waals surface area (Å²) < 4.78 is 0. The van der Waals surface area contributed by atoms with Gasteiger partial charge in [0.15, 0.2) is 0 Å². The normalized spacial score (nSPS) is 16.4. The van der Waals surface area contributed by atoms with Gasteiger partial charge >= 0.3 is 0 Å². The van der Waals surface area contributed by atoms with Crippen molar-refractivity contribution in [2.45, 2.75) is 0 Å². The Morgan fingerprint density at radius 3 is 2.38 bits per heavy atom. The first-order valence-electron chi connectivity index (χ1n) is 13.1. The van der Waals surface area contributed by atoms with Crippen molar-refractivity contribution in [2.75, 3.05) is 80.6 Å². The molecule has 5 rings (SSSR count). The number of rotatable bonds is 7. The number of hydrogen-bond acceptors (Lipinski definition) is 9. The number of nitrogens with zero attached hydrogens (tertiary/aromatic N) is 6. The summed E-state index contributed by atoms with van der Waals surface area (Å²) in [6.07, 6.45) is 1.32. The van der Waals surface area contributed by atoms with Crippen molar-refractivity contribution in [2.24, 2.45) is 0 Å². The molecule has 2 saturated heterocycles. The van der Waals surface area contributed by atoms with Crippen LogP contribution in [0.15, 0.2) is 55.1 Å². The Morgan fingerprint density at radius 1 is 0.949 bits per heavy atom. The summed E-state index contributed by atoms with van der Waals surface area (Å²) in [5, 5.41) is 24.0. The van der Waals surface area contributed by atoms with Gasteiger partial charge in [0, 0.05) is 76.4 Å². The van der Waals surface area contributed by atoms with E-state index < -0.39 is 5.91 Å². The molecule has 2 aromatic carbocycles. The van der Waals surface area contributed by atoms with E-state index in [1.165, 1.54) is 12.1 Å². The minimum atomic E-state index is -0.407. The molecule has 2 amide bonds. The maximum atomic E-state index is 13.5. The largest absolute Gasteiger partial charge is 0.508 e. The van der Waals surface area contributed by atoms with Crippen LogP contribution in [0.2, 0.25) is 0 Å². The second kappa shape index (κ2) is 11.7. The summed E-state index contributed by atoms with van der Waals surface area (Å²) in [6, 6.07) is 12.4. The Bertz CT molecular complexity index is 1370. The van der Waals surface area contributed by atoms with Crippen LogP contribution in [0, 0.1) is 0 Å². The number of aromatic hydroxyl groups is 1. The molecule has 2 aliphatic heterocycles. The molecule has 39 heavy (non-hydrogen) atoms. The zero-order valence-corrected chi connectivity index (χ0v) is 21.8. The predicted octanol–water partition coefficient (Wildman–Crippen LogP) is 1.54. The van der Waals surface area contributed by atoms with Crippen molar-refractivity contribution < 1.29 is 19.8 Å². The van der Waals surface area contributed by atoms with Crippen LogP contribution in [0.1, 0.15) is 10.5 Å². The topological polar surface area (TPSA) is 125 Å². The van der Waals surface area contributed by atoms with Gasteiger partial charge in [-0.05, 0) is 17.5 Å². The van der Waals surface area contributed by atoms with Crippen LogP contribution in [0.4, 0.5) is 17.5 Å². The minimum Gasteiger partial charge on any atom is -0.508 e. The van der Waals surface area contributed by atoms with Gasteiger partial charge in [-0.1, -0.05) is 30.8 Å². The van der Waals surface area contributed by atoms with Crippen molar-refractivity contribution >= 4 is 40.0 Å². The summed E-state index contributed by atoms with van der Waals surface area (Å²) in [6.45, 7) is 9.35. The van der Waals surface area contributed by atoms with Crippen LogP contribution in [0.25, 0.3) is 10.8 Å². The lowest BCUT2D eigenvalue weighted by atomic mass is 10.1. The quantitative estimate of drug-likeness (QED) is 0.389. The Morgan fingerprint density at radius 2 is 1.67 bits per heavy atom. The average Bonchev–Trinajstić information content (AvgIpc) is 2.97. The van der Waals surface area contributed by atoms with Crippen LogP contribution in [0.5, 0.6) is 5.75 Å². The Labute approximate surface area is 227 Å². The summed E-state index contributed by atoms with van der Waals surface area (Å²) in [5.41, 5.74) is 0.705. The number of piperazine rings is 2. The van der Waals surface area contributed by atoms with E-state index in [0.717, 1.165) is 23.9 Å². The Kier molecular flexibility index (Phi) is 7.89. The first-order valence-corrected chi connectivity index (χ1v) is 13.1. The van der Waals surface area contributed by atoms with Crippen molar-refractivity contribution in [1.82, 2.24) is 19.8 Å². The molecule has 3 heterocycles. The van der Waals surface area contributed by atoms with E-state index in [2.05, 4.69) is 31.6 Å². The van der Waals surface area contributed by atoms with Gasteiger partial charge in [0.25, 0.3) is 5.91 Å².